The molecular weight excluding hydrogens is 314 g/mol. The van der Waals surface area contributed by atoms with Crippen LogP contribution in [-0.4, -0.2) is 34.0 Å². The molecule has 0 radical (unpaired) electrons. The minimum atomic E-state index is 0.0466. The van der Waals surface area contributed by atoms with Crippen LogP contribution in [0.4, 0.5) is 0 Å². The molecule has 1 N–H and O–H groups in total. The van der Waals surface area contributed by atoms with Crippen LogP contribution in [0.2, 0.25) is 0 Å². The van der Waals surface area contributed by atoms with Crippen molar-refractivity contribution < 1.29 is 9.32 Å². The quantitative estimate of drug-likeness (QED) is 0.766. The van der Waals surface area contributed by atoms with Gasteiger partial charge in [0.25, 0.3) is 5.91 Å². The molecule has 1 aliphatic heterocycles. The zero-order chi connectivity index (χ0) is 17.6. The van der Waals surface area contributed by atoms with Crippen molar-refractivity contribution in [1.29, 1.82) is 0 Å². The van der Waals surface area contributed by atoms with E-state index in [1.807, 2.05) is 11.8 Å². The third kappa shape index (κ3) is 2.64. The minimum absolute atomic E-state index is 0.0466. The second-order valence-corrected chi connectivity index (χ2v) is 6.97. The molecule has 3 aromatic rings. The highest BCUT2D eigenvalue weighted by molar-refractivity contribution is 5.96. The molecule has 1 aromatic carbocycles. The van der Waals surface area contributed by atoms with Crippen LogP contribution in [0.25, 0.3) is 10.9 Å². The number of carbonyl (C=O) groups is 1. The van der Waals surface area contributed by atoms with Gasteiger partial charge in [-0.15, -0.1) is 0 Å². The summed E-state index contributed by atoms with van der Waals surface area (Å²) in [6.45, 7) is 7.32. The molecule has 0 atom stereocenters. The van der Waals surface area contributed by atoms with Crippen molar-refractivity contribution in [2.75, 3.05) is 13.1 Å². The zero-order valence-electron chi connectivity index (χ0n) is 14.9. The summed E-state index contributed by atoms with van der Waals surface area (Å²) in [5.41, 5.74) is 5.17. The van der Waals surface area contributed by atoms with Crippen molar-refractivity contribution in [1.82, 2.24) is 15.0 Å². The van der Waals surface area contributed by atoms with Crippen LogP contribution in [0, 0.1) is 20.8 Å². The van der Waals surface area contributed by atoms with E-state index in [9.17, 15) is 4.79 Å². The van der Waals surface area contributed by atoms with Gasteiger partial charge in [-0.3, -0.25) is 4.79 Å². The fourth-order valence-electron chi connectivity index (χ4n) is 4.14. The highest BCUT2D eigenvalue weighted by Crippen LogP contribution is 2.36. The lowest BCUT2D eigenvalue weighted by Crippen LogP contribution is -2.38. The molecule has 1 saturated heterocycles. The number of amides is 1. The third-order valence-corrected chi connectivity index (χ3v) is 5.38. The van der Waals surface area contributed by atoms with Gasteiger partial charge in [0.05, 0.1) is 5.69 Å². The highest BCUT2D eigenvalue weighted by Gasteiger charge is 2.29. The van der Waals surface area contributed by atoms with E-state index in [1.54, 1.807) is 6.92 Å². The number of para-hydroxylation sites is 1. The van der Waals surface area contributed by atoms with Crippen LogP contribution in [0.3, 0.4) is 0 Å². The number of nitrogens with zero attached hydrogens (tertiary/aromatic N) is 2. The molecule has 0 spiro atoms. The van der Waals surface area contributed by atoms with Crippen molar-refractivity contribution >= 4 is 16.8 Å². The van der Waals surface area contributed by atoms with Crippen LogP contribution in [0.5, 0.6) is 0 Å². The van der Waals surface area contributed by atoms with Gasteiger partial charge in [0.1, 0.15) is 11.3 Å². The molecule has 3 heterocycles. The molecule has 0 aliphatic carbocycles. The number of hydrogen-bond donors (Lipinski definition) is 1. The van der Waals surface area contributed by atoms with Crippen LogP contribution < -0.4 is 0 Å². The van der Waals surface area contributed by atoms with Gasteiger partial charge in [-0.05, 0) is 51.2 Å². The standard InChI is InChI=1S/C20H23N3O2/c1-12-19(16-6-4-5-7-17(16)21-12)15-8-10-23(11-9-15)20(24)18-13(2)22-25-14(18)3/h4-7,15,21H,8-11H2,1-3H3. The Morgan fingerprint density at radius 1 is 1.20 bits per heavy atom. The number of aromatic amines is 1. The lowest BCUT2D eigenvalue weighted by atomic mass is 9.87. The summed E-state index contributed by atoms with van der Waals surface area (Å²) in [4.78, 5) is 18.2. The Balaban J connectivity index is 1.53. The first-order valence-corrected chi connectivity index (χ1v) is 8.85. The predicted molar refractivity (Wildman–Crippen MR) is 96.9 cm³/mol. The fourth-order valence-corrected chi connectivity index (χ4v) is 4.14. The normalized spacial score (nSPS) is 15.9. The molecule has 1 amide bonds. The van der Waals surface area contributed by atoms with E-state index in [0.717, 1.165) is 25.9 Å². The Morgan fingerprint density at radius 2 is 1.92 bits per heavy atom. The Hall–Kier alpha value is -2.56. The van der Waals surface area contributed by atoms with Crippen LogP contribution in [0.15, 0.2) is 28.8 Å². The van der Waals surface area contributed by atoms with Gasteiger partial charge in [0.15, 0.2) is 0 Å². The Kier molecular flexibility index (Phi) is 3.86. The summed E-state index contributed by atoms with van der Waals surface area (Å²) in [6.07, 6.45) is 1.97. The van der Waals surface area contributed by atoms with E-state index in [1.165, 1.54) is 22.2 Å². The van der Waals surface area contributed by atoms with E-state index in [4.69, 9.17) is 4.52 Å². The molecule has 1 aliphatic rings. The van der Waals surface area contributed by atoms with Crippen molar-refractivity contribution in [3.8, 4) is 0 Å². The number of hydrogen-bond acceptors (Lipinski definition) is 3. The molecular formula is C20H23N3O2. The summed E-state index contributed by atoms with van der Waals surface area (Å²) in [7, 11) is 0. The monoisotopic (exact) mass is 337 g/mol. The van der Waals surface area contributed by atoms with Crippen molar-refractivity contribution in [2.45, 2.75) is 39.5 Å². The van der Waals surface area contributed by atoms with Gasteiger partial charge in [-0.25, -0.2) is 0 Å². The minimum Gasteiger partial charge on any atom is -0.361 e. The molecule has 4 rings (SSSR count). The lowest BCUT2D eigenvalue weighted by Gasteiger charge is -2.32. The number of aryl methyl sites for hydroxylation is 3. The zero-order valence-corrected chi connectivity index (χ0v) is 14.9. The second kappa shape index (κ2) is 6.06. The van der Waals surface area contributed by atoms with Gasteiger partial charge in [-0.1, -0.05) is 23.4 Å². The van der Waals surface area contributed by atoms with Crippen LogP contribution >= 0.6 is 0 Å². The van der Waals surface area contributed by atoms with E-state index in [2.05, 4.69) is 41.3 Å². The van der Waals surface area contributed by atoms with Crippen molar-refractivity contribution in [3.63, 3.8) is 0 Å². The number of fused-ring (bicyclic) bond motifs is 1. The number of rotatable bonds is 2. The van der Waals surface area contributed by atoms with Crippen LogP contribution in [-0.2, 0) is 0 Å². The van der Waals surface area contributed by atoms with Crippen molar-refractivity contribution in [3.05, 3.63) is 52.5 Å². The topological polar surface area (TPSA) is 62.1 Å². The van der Waals surface area contributed by atoms with Gasteiger partial charge in [0.2, 0.25) is 0 Å². The third-order valence-electron chi connectivity index (χ3n) is 5.38. The maximum atomic E-state index is 12.8. The number of likely N-dealkylation sites (tertiary alicyclic amines) is 1. The summed E-state index contributed by atoms with van der Waals surface area (Å²) >= 11 is 0. The maximum Gasteiger partial charge on any atom is 0.259 e. The van der Waals surface area contributed by atoms with E-state index in [-0.39, 0.29) is 5.91 Å². The highest BCUT2D eigenvalue weighted by atomic mass is 16.5. The molecule has 0 saturated carbocycles. The lowest BCUT2D eigenvalue weighted by molar-refractivity contribution is 0.0711. The van der Waals surface area contributed by atoms with Gasteiger partial charge >= 0.3 is 0 Å². The SMILES string of the molecule is Cc1noc(C)c1C(=O)N1CCC(c2c(C)[nH]c3ccccc23)CC1. The fraction of sp³-hybridized carbons (Fsp3) is 0.400. The molecule has 0 bridgehead atoms. The second-order valence-electron chi connectivity index (χ2n) is 6.97. The number of piperidine rings is 1. The van der Waals surface area contributed by atoms with E-state index < -0.39 is 0 Å². The van der Waals surface area contributed by atoms with Crippen molar-refractivity contribution in [2.24, 2.45) is 0 Å². The number of nitrogens with one attached hydrogen (secondary N) is 1. The molecule has 5 heteroatoms. The summed E-state index contributed by atoms with van der Waals surface area (Å²) < 4.78 is 5.15. The van der Waals surface area contributed by atoms with Crippen LogP contribution in [0.1, 0.15) is 51.8 Å². The van der Waals surface area contributed by atoms with Gasteiger partial charge in [0, 0.05) is 29.7 Å². The summed E-state index contributed by atoms with van der Waals surface area (Å²) in [6, 6.07) is 8.47. The predicted octanol–water partition coefficient (Wildman–Crippen LogP) is 4.10. The summed E-state index contributed by atoms with van der Waals surface area (Å²) in [5.74, 6) is 1.15. The van der Waals surface area contributed by atoms with Gasteiger partial charge < -0.3 is 14.4 Å². The Labute approximate surface area is 147 Å². The number of aromatic nitrogens is 2. The molecule has 5 nitrogen and oxygen atoms in total. The average molecular weight is 337 g/mol. The maximum absolute atomic E-state index is 12.8. The largest absolute Gasteiger partial charge is 0.361 e. The molecule has 25 heavy (non-hydrogen) atoms. The van der Waals surface area contributed by atoms with E-state index >= 15 is 0 Å². The van der Waals surface area contributed by atoms with E-state index in [0.29, 0.717) is 22.9 Å². The molecule has 130 valence electrons. The smallest absolute Gasteiger partial charge is 0.259 e. The summed E-state index contributed by atoms with van der Waals surface area (Å²) in [5, 5.41) is 5.22. The first kappa shape index (κ1) is 15.9. The first-order valence-electron chi connectivity index (χ1n) is 8.85. The number of carbonyl (C=O) groups excluding carboxylic acids is 1. The average Bonchev–Trinajstić information content (AvgIpc) is 3.13. The molecule has 1 fully saturated rings. The Morgan fingerprint density at radius 3 is 2.60 bits per heavy atom. The Bertz CT molecular complexity index is 910. The van der Waals surface area contributed by atoms with Gasteiger partial charge in [-0.2, -0.15) is 0 Å². The number of benzene rings is 1. The number of H-pyrrole nitrogens is 1. The molecule has 0 unspecified atom stereocenters. The first-order chi connectivity index (χ1) is 12.1. The molecule has 2 aromatic heterocycles.